The first kappa shape index (κ1) is 18.7. The summed E-state index contributed by atoms with van der Waals surface area (Å²) in [4.78, 5) is 15.1. The highest BCUT2D eigenvalue weighted by Gasteiger charge is 2.38. The molecule has 2 aromatic rings. The topological polar surface area (TPSA) is 60.5 Å². The molecular formula is C17H17F3N2O3. The van der Waals surface area contributed by atoms with E-state index in [1.807, 2.05) is 0 Å². The second kappa shape index (κ2) is 8.48. The number of hydrogen-bond donors (Lipinski definition) is 1. The van der Waals surface area contributed by atoms with Gasteiger partial charge >= 0.3 is 6.18 Å². The van der Waals surface area contributed by atoms with Gasteiger partial charge in [-0.05, 0) is 11.6 Å². The van der Waals surface area contributed by atoms with Crippen molar-refractivity contribution >= 4 is 11.6 Å². The van der Waals surface area contributed by atoms with Gasteiger partial charge < -0.3 is 14.8 Å². The Morgan fingerprint density at radius 1 is 1.20 bits per heavy atom. The van der Waals surface area contributed by atoms with Crippen molar-refractivity contribution in [3.8, 4) is 5.75 Å². The normalized spacial score (nSPS) is 11.2. The highest BCUT2D eigenvalue weighted by atomic mass is 19.4. The number of hydrogen-bond acceptors (Lipinski definition) is 5. The molecule has 0 aliphatic rings. The number of rotatable bonds is 8. The van der Waals surface area contributed by atoms with Crippen molar-refractivity contribution in [3.05, 3.63) is 53.7 Å². The van der Waals surface area contributed by atoms with Gasteiger partial charge in [-0.1, -0.05) is 30.3 Å². The zero-order valence-electron chi connectivity index (χ0n) is 13.5. The molecule has 0 atom stereocenters. The number of anilines is 1. The Labute approximate surface area is 142 Å². The van der Waals surface area contributed by atoms with Crippen LogP contribution in [0.3, 0.4) is 0 Å². The van der Waals surface area contributed by atoms with Crippen molar-refractivity contribution in [3.63, 3.8) is 0 Å². The molecule has 0 aliphatic carbocycles. The SMILES string of the molecule is COCC(=O)CNc1nccc(OCc2ccccc2)c1C(F)(F)F. The molecule has 0 saturated heterocycles. The molecule has 5 nitrogen and oxygen atoms in total. The molecule has 134 valence electrons. The number of carbonyl (C=O) groups excluding carboxylic acids is 1. The van der Waals surface area contributed by atoms with E-state index in [1.54, 1.807) is 30.3 Å². The van der Waals surface area contributed by atoms with Crippen molar-refractivity contribution in [1.82, 2.24) is 4.98 Å². The van der Waals surface area contributed by atoms with E-state index in [0.717, 1.165) is 11.6 Å². The number of nitrogens with one attached hydrogen (secondary N) is 1. The van der Waals surface area contributed by atoms with Crippen LogP contribution in [-0.4, -0.2) is 31.0 Å². The lowest BCUT2D eigenvalue weighted by Gasteiger charge is -2.17. The van der Waals surface area contributed by atoms with Gasteiger partial charge in [-0.15, -0.1) is 0 Å². The Bertz CT molecular complexity index is 706. The van der Waals surface area contributed by atoms with Gasteiger partial charge in [0.15, 0.2) is 5.78 Å². The Morgan fingerprint density at radius 2 is 1.92 bits per heavy atom. The summed E-state index contributed by atoms with van der Waals surface area (Å²) in [6.45, 7) is -0.541. The van der Waals surface area contributed by atoms with E-state index in [9.17, 15) is 18.0 Å². The minimum Gasteiger partial charge on any atom is -0.488 e. The van der Waals surface area contributed by atoms with E-state index in [-0.39, 0.29) is 25.5 Å². The summed E-state index contributed by atoms with van der Waals surface area (Å²) in [6.07, 6.45) is -3.49. The molecule has 0 unspecified atom stereocenters. The van der Waals surface area contributed by atoms with Gasteiger partial charge in [0.1, 0.15) is 30.3 Å². The van der Waals surface area contributed by atoms with E-state index in [0.29, 0.717) is 0 Å². The number of halogens is 3. The second-order valence-corrected chi connectivity index (χ2v) is 5.13. The number of ether oxygens (including phenoxy) is 2. The monoisotopic (exact) mass is 354 g/mol. The molecule has 0 aliphatic heterocycles. The summed E-state index contributed by atoms with van der Waals surface area (Å²) in [6, 6.07) is 9.98. The van der Waals surface area contributed by atoms with E-state index in [1.165, 1.54) is 13.3 Å². The van der Waals surface area contributed by atoms with Crippen LogP contribution in [0.5, 0.6) is 5.75 Å². The van der Waals surface area contributed by atoms with Gasteiger partial charge in [0.05, 0.1) is 6.54 Å². The highest BCUT2D eigenvalue weighted by Crippen LogP contribution is 2.40. The molecule has 1 heterocycles. The lowest BCUT2D eigenvalue weighted by molar-refractivity contribution is -0.138. The molecule has 0 fully saturated rings. The molecule has 1 N–H and O–H groups in total. The number of ketones is 1. The molecule has 8 heteroatoms. The fraction of sp³-hybridized carbons (Fsp3) is 0.294. The molecule has 0 saturated carbocycles. The summed E-state index contributed by atoms with van der Waals surface area (Å²) in [5, 5.41) is 2.40. The van der Waals surface area contributed by atoms with Crippen LogP contribution < -0.4 is 10.1 Å². The zero-order chi connectivity index (χ0) is 18.3. The smallest absolute Gasteiger partial charge is 0.423 e. The first-order valence-corrected chi connectivity index (χ1v) is 7.39. The predicted octanol–water partition coefficient (Wildman–Crippen LogP) is 3.31. The average molecular weight is 354 g/mol. The number of Topliss-reactive ketones (excluding diaryl/α,β-unsaturated/α-hetero) is 1. The molecule has 2 rings (SSSR count). The van der Waals surface area contributed by atoms with E-state index < -0.39 is 23.3 Å². The largest absolute Gasteiger partial charge is 0.488 e. The van der Waals surface area contributed by atoms with Crippen LogP contribution in [0.2, 0.25) is 0 Å². The van der Waals surface area contributed by atoms with Crippen LogP contribution >= 0.6 is 0 Å². The number of aromatic nitrogens is 1. The van der Waals surface area contributed by atoms with Crippen LogP contribution in [0.15, 0.2) is 42.6 Å². The molecule has 0 amide bonds. The molecular weight excluding hydrogens is 337 g/mol. The summed E-state index contributed by atoms with van der Waals surface area (Å²) in [5.41, 5.74) is -0.312. The summed E-state index contributed by atoms with van der Waals surface area (Å²) in [7, 11) is 1.33. The van der Waals surface area contributed by atoms with E-state index >= 15 is 0 Å². The third kappa shape index (κ3) is 5.46. The molecule has 0 bridgehead atoms. The highest BCUT2D eigenvalue weighted by molar-refractivity contribution is 5.84. The van der Waals surface area contributed by atoms with Gasteiger partial charge in [-0.2, -0.15) is 13.2 Å². The van der Waals surface area contributed by atoms with Gasteiger partial charge in [-0.25, -0.2) is 4.98 Å². The maximum Gasteiger partial charge on any atom is 0.423 e. The summed E-state index contributed by atoms with van der Waals surface area (Å²) >= 11 is 0. The van der Waals surface area contributed by atoms with Crippen LogP contribution in [0.25, 0.3) is 0 Å². The maximum atomic E-state index is 13.4. The predicted molar refractivity (Wildman–Crippen MR) is 85.4 cm³/mol. The van der Waals surface area contributed by atoms with Gasteiger partial charge in [0.25, 0.3) is 0 Å². The maximum absolute atomic E-state index is 13.4. The minimum atomic E-state index is -4.69. The van der Waals surface area contributed by atoms with Gasteiger partial charge in [-0.3, -0.25) is 4.79 Å². The zero-order valence-corrected chi connectivity index (χ0v) is 13.5. The number of pyridine rings is 1. The van der Waals surface area contributed by atoms with E-state index in [4.69, 9.17) is 4.74 Å². The quantitative estimate of drug-likeness (QED) is 0.788. The third-order valence-corrected chi connectivity index (χ3v) is 3.19. The fourth-order valence-corrected chi connectivity index (χ4v) is 2.10. The van der Waals surface area contributed by atoms with E-state index in [2.05, 4.69) is 15.0 Å². The first-order chi connectivity index (χ1) is 11.9. The summed E-state index contributed by atoms with van der Waals surface area (Å²) < 4.78 is 50.3. The van der Waals surface area contributed by atoms with Crippen molar-refractivity contribution in [2.24, 2.45) is 0 Å². The molecule has 0 radical (unpaired) electrons. The number of alkyl halides is 3. The molecule has 25 heavy (non-hydrogen) atoms. The Morgan fingerprint density at radius 3 is 2.56 bits per heavy atom. The number of benzene rings is 1. The van der Waals surface area contributed by atoms with Crippen LogP contribution in [0, 0.1) is 0 Å². The lowest BCUT2D eigenvalue weighted by Crippen LogP contribution is -2.21. The third-order valence-electron chi connectivity index (χ3n) is 3.19. The Hall–Kier alpha value is -2.61. The van der Waals surface area contributed by atoms with Gasteiger partial charge in [0.2, 0.25) is 0 Å². The van der Waals surface area contributed by atoms with Gasteiger partial charge in [0, 0.05) is 13.3 Å². The van der Waals surface area contributed by atoms with Crippen LogP contribution in [-0.2, 0) is 22.3 Å². The van der Waals surface area contributed by atoms with Crippen molar-refractivity contribution in [2.75, 3.05) is 25.6 Å². The van der Waals surface area contributed by atoms with Crippen molar-refractivity contribution in [1.29, 1.82) is 0 Å². The Kier molecular flexibility index (Phi) is 6.35. The average Bonchev–Trinajstić information content (AvgIpc) is 2.58. The molecule has 1 aromatic carbocycles. The Balaban J connectivity index is 2.21. The molecule has 0 spiro atoms. The lowest BCUT2D eigenvalue weighted by atomic mass is 10.2. The second-order valence-electron chi connectivity index (χ2n) is 5.13. The number of nitrogens with zero attached hydrogens (tertiary/aromatic N) is 1. The number of methoxy groups -OCH3 is 1. The standard InChI is InChI=1S/C17H17F3N2O3/c1-24-11-13(23)9-22-16-15(17(18,19)20)14(7-8-21-16)25-10-12-5-3-2-4-6-12/h2-8H,9-11H2,1H3,(H,21,22). The summed E-state index contributed by atoms with van der Waals surface area (Å²) in [5.74, 6) is -1.21. The molecule has 1 aromatic heterocycles. The minimum absolute atomic E-state index is 0.0179. The van der Waals surface area contributed by atoms with Crippen LogP contribution in [0.1, 0.15) is 11.1 Å². The first-order valence-electron chi connectivity index (χ1n) is 7.39. The number of carbonyl (C=O) groups is 1. The van der Waals surface area contributed by atoms with Crippen molar-refractivity contribution < 1.29 is 27.4 Å². The van der Waals surface area contributed by atoms with Crippen LogP contribution in [0.4, 0.5) is 19.0 Å². The fourth-order valence-electron chi connectivity index (χ4n) is 2.10. The van der Waals surface area contributed by atoms with Crippen molar-refractivity contribution in [2.45, 2.75) is 12.8 Å².